The second kappa shape index (κ2) is 15.7. The summed E-state index contributed by atoms with van der Waals surface area (Å²) >= 11 is 0. The smallest absolute Gasteiger partial charge is 0.253 e. The monoisotopic (exact) mass is 570 g/mol. The fraction of sp³-hybridized carbons (Fsp3) is 0.382. The lowest BCUT2D eigenvalue weighted by Crippen LogP contribution is -2.53. The molecule has 8 heteroatoms. The highest BCUT2D eigenvalue weighted by Crippen LogP contribution is 2.22. The Morgan fingerprint density at radius 2 is 1.57 bits per heavy atom. The minimum atomic E-state index is -0.637. The van der Waals surface area contributed by atoms with Crippen LogP contribution < -0.4 is 15.4 Å². The third-order valence-corrected chi connectivity index (χ3v) is 7.76. The number of ether oxygens (including phenoxy) is 1. The third-order valence-electron chi connectivity index (χ3n) is 7.76. The molecule has 0 bridgehead atoms. The lowest BCUT2D eigenvalue weighted by molar-refractivity contribution is -0.137. The molecule has 42 heavy (non-hydrogen) atoms. The number of likely N-dealkylation sites (tertiary alicyclic amines) is 1. The zero-order valence-electron chi connectivity index (χ0n) is 24.6. The van der Waals surface area contributed by atoms with E-state index >= 15 is 0 Å². The van der Waals surface area contributed by atoms with E-state index in [-0.39, 0.29) is 30.3 Å². The van der Waals surface area contributed by atoms with E-state index in [4.69, 9.17) is 4.74 Å². The number of carbonyl (C=O) groups excluding carboxylic acids is 3. The van der Waals surface area contributed by atoms with Crippen LogP contribution in [0.15, 0.2) is 84.9 Å². The number of methoxy groups -OCH3 is 1. The lowest BCUT2D eigenvalue weighted by Gasteiger charge is -2.33. The summed E-state index contributed by atoms with van der Waals surface area (Å²) in [4.78, 5) is 44.0. The van der Waals surface area contributed by atoms with Crippen LogP contribution in [0.5, 0.6) is 5.75 Å². The first-order valence-electron chi connectivity index (χ1n) is 14.7. The molecule has 1 aliphatic rings. The number of likely N-dealkylation sites (N-methyl/N-ethyl adjacent to an activating group) is 1. The first kappa shape index (κ1) is 30.8. The van der Waals surface area contributed by atoms with Crippen molar-refractivity contribution < 1.29 is 19.1 Å². The predicted molar refractivity (Wildman–Crippen MR) is 164 cm³/mol. The Hall–Kier alpha value is -4.17. The van der Waals surface area contributed by atoms with Gasteiger partial charge in [-0.3, -0.25) is 14.4 Å². The Bertz CT molecular complexity index is 1280. The van der Waals surface area contributed by atoms with Gasteiger partial charge in [0.15, 0.2) is 0 Å². The standard InChI is InChI=1S/C34H42N4O4/c1-35-24-32(39)36-31(20-15-26-10-5-3-6-11-26)34(41)38-22-9-14-29(38)25-37(23-21-27-12-7-4-8-13-27)33(40)28-16-18-30(42-2)19-17-28/h3-8,10-13,16-19,29,31,35H,9,14-15,20-25H2,1-2H3,(H,36,39)/t29-,31-/m0/s1. The molecule has 3 amide bonds. The molecule has 0 radical (unpaired) electrons. The first-order chi connectivity index (χ1) is 20.5. The molecular weight excluding hydrogens is 528 g/mol. The topological polar surface area (TPSA) is 91.0 Å². The molecule has 2 atom stereocenters. The second-order valence-corrected chi connectivity index (χ2v) is 10.7. The van der Waals surface area contributed by atoms with E-state index in [2.05, 4.69) is 22.8 Å². The summed E-state index contributed by atoms with van der Waals surface area (Å²) in [5.74, 6) is 0.323. The molecular formula is C34H42N4O4. The van der Waals surface area contributed by atoms with Crippen LogP contribution >= 0.6 is 0 Å². The van der Waals surface area contributed by atoms with Gasteiger partial charge in [0.05, 0.1) is 13.7 Å². The molecule has 8 nitrogen and oxygen atoms in total. The van der Waals surface area contributed by atoms with Crippen LogP contribution in [-0.2, 0) is 22.4 Å². The van der Waals surface area contributed by atoms with Crippen LogP contribution in [0.4, 0.5) is 0 Å². The van der Waals surface area contributed by atoms with Crippen molar-refractivity contribution in [3.05, 3.63) is 102 Å². The fourth-order valence-electron chi connectivity index (χ4n) is 5.49. The van der Waals surface area contributed by atoms with E-state index in [1.165, 1.54) is 0 Å². The van der Waals surface area contributed by atoms with E-state index < -0.39 is 6.04 Å². The Morgan fingerprint density at radius 1 is 0.929 bits per heavy atom. The molecule has 3 aromatic carbocycles. The van der Waals surface area contributed by atoms with Gasteiger partial charge in [-0.05, 0) is 74.5 Å². The summed E-state index contributed by atoms with van der Waals surface area (Å²) < 4.78 is 5.27. The molecule has 0 aromatic heterocycles. The molecule has 0 aliphatic carbocycles. The van der Waals surface area contributed by atoms with Crippen molar-refractivity contribution >= 4 is 17.7 Å². The second-order valence-electron chi connectivity index (χ2n) is 10.7. The van der Waals surface area contributed by atoms with Gasteiger partial charge in [-0.15, -0.1) is 0 Å². The molecule has 0 saturated carbocycles. The maximum atomic E-state index is 14.0. The molecule has 4 rings (SSSR count). The number of aryl methyl sites for hydroxylation is 1. The summed E-state index contributed by atoms with van der Waals surface area (Å²) in [6.07, 6.45) is 3.55. The molecule has 0 spiro atoms. The first-order valence-corrected chi connectivity index (χ1v) is 14.7. The minimum Gasteiger partial charge on any atom is -0.497 e. The average molecular weight is 571 g/mol. The van der Waals surface area contributed by atoms with Crippen LogP contribution in [0, 0.1) is 0 Å². The Balaban J connectivity index is 1.51. The van der Waals surface area contributed by atoms with Gasteiger partial charge < -0.3 is 25.2 Å². The Labute approximate surface area is 249 Å². The number of carbonyl (C=O) groups is 3. The maximum Gasteiger partial charge on any atom is 0.253 e. The number of benzene rings is 3. The van der Waals surface area contributed by atoms with Crippen LogP contribution in [0.2, 0.25) is 0 Å². The van der Waals surface area contributed by atoms with Crippen LogP contribution in [-0.4, -0.2) is 79.9 Å². The maximum absolute atomic E-state index is 14.0. The van der Waals surface area contributed by atoms with Crippen LogP contribution in [0.3, 0.4) is 0 Å². The summed E-state index contributed by atoms with van der Waals surface area (Å²) in [5, 5.41) is 5.82. The van der Waals surface area contributed by atoms with E-state index in [0.717, 1.165) is 24.0 Å². The van der Waals surface area contributed by atoms with Gasteiger partial charge >= 0.3 is 0 Å². The molecule has 222 valence electrons. The lowest BCUT2D eigenvalue weighted by atomic mass is 10.0. The van der Waals surface area contributed by atoms with Gasteiger partial charge in [0.2, 0.25) is 11.8 Å². The minimum absolute atomic E-state index is 0.0733. The number of rotatable bonds is 14. The van der Waals surface area contributed by atoms with Crippen molar-refractivity contribution in [1.82, 2.24) is 20.4 Å². The van der Waals surface area contributed by atoms with Crippen LogP contribution in [0.25, 0.3) is 0 Å². The third kappa shape index (κ3) is 8.66. The van der Waals surface area contributed by atoms with Crippen LogP contribution in [0.1, 0.15) is 40.7 Å². The SMILES string of the molecule is CNCC(=O)N[C@@H](CCc1ccccc1)C(=O)N1CCC[C@H]1CN(CCc1ccccc1)C(=O)c1ccc(OC)cc1. The van der Waals surface area contributed by atoms with E-state index in [1.807, 2.05) is 58.3 Å². The van der Waals surface area contributed by atoms with Gasteiger partial charge in [0, 0.05) is 31.2 Å². The number of nitrogens with one attached hydrogen (secondary N) is 2. The highest BCUT2D eigenvalue weighted by atomic mass is 16.5. The molecule has 1 heterocycles. The van der Waals surface area contributed by atoms with Gasteiger partial charge in [-0.25, -0.2) is 0 Å². The van der Waals surface area contributed by atoms with Crippen molar-refractivity contribution in [2.24, 2.45) is 0 Å². The highest BCUT2D eigenvalue weighted by molar-refractivity contribution is 5.94. The average Bonchev–Trinajstić information content (AvgIpc) is 3.50. The summed E-state index contributed by atoms with van der Waals surface area (Å²) in [6.45, 7) is 1.71. The Morgan fingerprint density at radius 3 is 2.19 bits per heavy atom. The summed E-state index contributed by atoms with van der Waals surface area (Å²) in [5.41, 5.74) is 2.85. The number of hydrogen-bond donors (Lipinski definition) is 2. The van der Waals surface area contributed by atoms with E-state index in [1.54, 1.807) is 38.4 Å². The largest absolute Gasteiger partial charge is 0.497 e. The number of nitrogens with zero attached hydrogens (tertiary/aromatic N) is 2. The fourth-order valence-corrected chi connectivity index (χ4v) is 5.49. The van der Waals surface area contributed by atoms with E-state index in [9.17, 15) is 14.4 Å². The van der Waals surface area contributed by atoms with Crippen molar-refractivity contribution in [2.75, 3.05) is 40.3 Å². The zero-order chi connectivity index (χ0) is 29.7. The zero-order valence-corrected chi connectivity index (χ0v) is 24.6. The quantitative estimate of drug-likeness (QED) is 0.309. The molecule has 0 unspecified atom stereocenters. The van der Waals surface area contributed by atoms with Gasteiger partial charge in [-0.2, -0.15) is 0 Å². The predicted octanol–water partition coefficient (Wildman–Crippen LogP) is 3.71. The van der Waals surface area contributed by atoms with Crippen molar-refractivity contribution in [3.8, 4) is 5.75 Å². The molecule has 1 saturated heterocycles. The molecule has 2 N–H and O–H groups in total. The van der Waals surface area contributed by atoms with E-state index in [0.29, 0.717) is 50.2 Å². The normalized spacial score (nSPS) is 15.2. The molecule has 3 aromatic rings. The van der Waals surface area contributed by atoms with Crippen molar-refractivity contribution in [1.29, 1.82) is 0 Å². The Kier molecular flexibility index (Phi) is 11.5. The van der Waals surface area contributed by atoms with Crippen molar-refractivity contribution in [2.45, 2.75) is 44.2 Å². The highest BCUT2D eigenvalue weighted by Gasteiger charge is 2.35. The summed E-state index contributed by atoms with van der Waals surface area (Å²) in [7, 11) is 3.31. The summed E-state index contributed by atoms with van der Waals surface area (Å²) in [6, 6.07) is 26.5. The number of hydrogen-bond acceptors (Lipinski definition) is 5. The number of amides is 3. The molecule has 1 fully saturated rings. The van der Waals surface area contributed by atoms with Gasteiger partial charge in [0.25, 0.3) is 5.91 Å². The molecule has 1 aliphatic heterocycles. The van der Waals surface area contributed by atoms with Crippen molar-refractivity contribution in [3.63, 3.8) is 0 Å². The van der Waals surface area contributed by atoms with Gasteiger partial charge in [0.1, 0.15) is 11.8 Å². The van der Waals surface area contributed by atoms with Gasteiger partial charge in [-0.1, -0.05) is 60.7 Å².